The van der Waals surface area contributed by atoms with E-state index < -0.39 is 14.3 Å². The van der Waals surface area contributed by atoms with Gasteiger partial charge in [-0.25, -0.2) is 4.79 Å². The Morgan fingerprint density at radius 2 is 2.00 bits per heavy atom. The van der Waals surface area contributed by atoms with E-state index in [1.807, 2.05) is 6.92 Å². The van der Waals surface area contributed by atoms with E-state index in [-0.39, 0.29) is 51.5 Å². The molecule has 0 aliphatic carbocycles. The monoisotopic (exact) mass is 495 g/mol. The number of aliphatic hydroxyl groups is 1. The molecule has 3 rings (SSSR count). The smallest absolute Gasteiger partial charge is 0.358 e. The zero-order chi connectivity index (χ0) is 24.3. The van der Waals surface area contributed by atoms with Crippen LogP contribution in [0.5, 0.6) is 0 Å². The highest BCUT2D eigenvalue weighted by Crippen LogP contribution is 2.49. The van der Waals surface area contributed by atoms with Crippen LogP contribution in [0.25, 0.3) is 0 Å². The molecule has 0 aromatic rings. The second-order valence-corrected chi connectivity index (χ2v) is 15.0. The summed E-state index contributed by atoms with van der Waals surface area (Å²) in [7, 11) is 3.06. The number of likely N-dealkylation sites (tertiary alicyclic amines) is 1. The van der Waals surface area contributed by atoms with Crippen molar-refractivity contribution in [3.8, 4) is 0 Å². The van der Waals surface area contributed by atoms with E-state index in [0.29, 0.717) is 12.2 Å². The maximum Gasteiger partial charge on any atom is 0.358 e. The molecule has 0 aromatic heterocycles. The minimum Gasteiger partial charge on any atom is -0.428 e. The Morgan fingerprint density at radius 3 is 2.58 bits per heavy atom. The van der Waals surface area contributed by atoms with Crippen molar-refractivity contribution in [3.05, 3.63) is 11.3 Å². The molecule has 3 aliphatic rings. The molecule has 2 fully saturated rings. The molecule has 0 spiro atoms. The van der Waals surface area contributed by atoms with Crippen molar-refractivity contribution in [1.29, 1.82) is 0 Å². The van der Waals surface area contributed by atoms with Gasteiger partial charge in [-0.15, -0.1) is 0 Å². The van der Waals surface area contributed by atoms with Gasteiger partial charge >= 0.3 is 5.97 Å². The van der Waals surface area contributed by atoms with Crippen LogP contribution in [0.3, 0.4) is 0 Å². The molecule has 33 heavy (non-hydrogen) atoms. The Hall–Kier alpha value is -0.768. The molecule has 0 aromatic carbocycles. The number of aliphatic hydroxyl groups excluding tert-OH is 1. The summed E-state index contributed by atoms with van der Waals surface area (Å²) >= 11 is 0. The second-order valence-electron chi connectivity index (χ2n) is 9.54. The average Bonchev–Trinajstić information content (AvgIpc) is 3.36. The number of carbonyl (C=O) groups excluding carboxylic acids is 2. The van der Waals surface area contributed by atoms with E-state index >= 15 is 0 Å². The van der Waals surface area contributed by atoms with E-state index in [1.165, 1.54) is 0 Å². The second kappa shape index (κ2) is 11.3. The highest BCUT2D eigenvalue weighted by molar-refractivity contribution is 7.32. The minimum atomic E-state index is -1.87. The van der Waals surface area contributed by atoms with Crippen LogP contribution in [0.1, 0.15) is 47.5 Å². The van der Waals surface area contributed by atoms with Gasteiger partial charge in [0.05, 0.1) is 24.7 Å². The highest BCUT2D eigenvalue weighted by Gasteiger charge is 2.61. The number of nitrogens with one attached hydrogen (secondary N) is 1. The third-order valence-electron chi connectivity index (χ3n) is 8.15. The summed E-state index contributed by atoms with van der Waals surface area (Å²) in [6.07, 6.45) is 1.77. The zero-order valence-electron chi connectivity index (χ0n) is 20.6. The molecule has 3 aliphatic heterocycles. The Kier molecular flexibility index (Phi) is 9.20. The largest absolute Gasteiger partial charge is 0.428 e. The van der Waals surface area contributed by atoms with Gasteiger partial charge in [0, 0.05) is 18.5 Å². The number of amides is 1. The molecule has 2 saturated heterocycles. The lowest BCUT2D eigenvalue weighted by Gasteiger charge is -2.49. The summed E-state index contributed by atoms with van der Waals surface area (Å²) in [6, 6.07) is 3.07. The van der Waals surface area contributed by atoms with Gasteiger partial charge in [0.1, 0.15) is 14.7 Å². The summed E-state index contributed by atoms with van der Waals surface area (Å²) in [4.78, 5) is 32.6. The lowest BCUT2D eigenvalue weighted by molar-refractivity contribution is -0.161. The molecule has 2 radical (unpaired) electrons. The summed E-state index contributed by atoms with van der Waals surface area (Å²) in [5.41, 5.74) is 1.28. The maximum absolute atomic E-state index is 13.4. The van der Waals surface area contributed by atoms with E-state index in [9.17, 15) is 14.7 Å². The number of carbonyl (C=O) groups is 2. The molecular formula is C22H39BN3O5PSi. The first-order valence-electron chi connectivity index (χ1n) is 12.3. The van der Waals surface area contributed by atoms with Crippen molar-refractivity contribution in [3.63, 3.8) is 0 Å². The van der Waals surface area contributed by atoms with Gasteiger partial charge in [-0.2, -0.15) is 0 Å². The lowest BCUT2D eigenvalue weighted by atomic mass is 9.77. The van der Waals surface area contributed by atoms with Gasteiger partial charge in [-0.05, 0) is 50.0 Å². The first kappa shape index (κ1) is 26.8. The lowest BCUT2D eigenvalue weighted by Crippen LogP contribution is -2.65. The third kappa shape index (κ3) is 4.98. The normalized spacial score (nSPS) is 29.2. The first-order chi connectivity index (χ1) is 15.8. The van der Waals surface area contributed by atoms with E-state index in [0.717, 1.165) is 43.1 Å². The molecule has 6 atom stereocenters. The number of rotatable bonds is 12. The van der Waals surface area contributed by atoms with Crippen molar-refractivity contribution in [1.82, 2.24) is 14.8 Å². The number of nitrogens with zero attached hydrogens (tertiary/aromatic N) is 2. The molecule has 3 heterocycles. The topological polar surface area (TPSA) is 91.3 Å². The average molecular weight is 495 g/mol. The Labute approximate surface area is 202 Å². The standard InChI is InChI=1S/C22H39BN3O5PSi/c1-6-33(7-2,8-3)31-15(5)18-19-14(4)17(12-25-11-9-10-16(25)13-27)20(26(19)21(18)28)22(29)30-32-24-23/h14-16,18-19,24,27,32H,6-13H2,1-5H3/t14-,15+,16-,18+,19+/m0/s1. The predicted octanol–water partition coefficient (Wildman–Crippen LogP) is 2.31. The highest BCUT2D eigenvalue weighted by atomic mass is 31.1. The SMILES string of the molecule is [B]NPOC(=O)C1=C(CN2CCC[C@H]2CO)[C@H](C)[C@@H]2[C@@H]([C@@H](C)O[Si](CC)(CC)CC)C(=O)N12. The molecule has 11 heteroatoms. The summed E-state index contributed by atoms with van der Waals surface area (Å²) in [6.45, 7) is 12.2. The van der Waals surface area contributed by atoms with Gasteiger partial charge < -0.3 is 24.0 Å². The molecule has 0 saturated carbocycles. The van der Waals surface area contributed by atoms with Gasteiger partial charge in [-0.1, -0.05) is 27.7 Å². The zero-order valence-corrected chi connectivity index (χ0v) is 22.6. The number of β-lactam (4-membered cyclic amide) rings is 1. The van der Waals surface area contributed by atoms with Crippen molar-refractivity contribution in [2.24, 2.45) is 11.8 Å². The van der Waals surface area contributed by atoms with Gasteiger partial charge in [-0.3, -0.25) is 9.69 Å². The predicted molar refractivity (Wildman–Crippen MR) is 133 cm³/mol. The molecule has 184 valence electrons. The van der Waals surface area contributed by atoms with Crippen molar-refractivity contribution >= 4 is 37.1 Å². The quantitative estimate of drug-likeness (QED) is 0.244. The summed E-state index contributed by atoms with van der Waals surface area (Å²) in [5, 5.41) is 9.77. The van der Waals surface area contributed by atoms with Crippen LogP contribution >= 0.6 is 8.96 Å². The summed E-state index contributed by atoms with van der Waals surface area (Å²) < 4.78 is 12.0. The van der Waals surface area contributed by atoms with Crippen LogP contribution in [0.4, 0.5) is 0 Å². The van der Waals surface area contributed by atoms with Gasteiger partial charge in [0.2, 0.25) is 5.91 Å². The van der Waals surface area contributed by atoms with Gasteiger partial charge in [0.15, 0.2) is 16.3 Å². The third-order valence-corrected chi connectivity index (χ3v) is 13.3. The first-order valence-corrected chi connectivity index (χ1v) is 15.7. The molecule has 1 unspecified atom stereocenters. The fraction of sp³-hybridized carbons (Fsp3) is 0.818. The Balaban J connectivity index is 1.86. The van der Waals surface area contributed by atoms with Crippen LogP contribution in [-0.4, -0.2) is 81.0 Å². The van der Waals surface area contributed by atoms with Crippen LogP contribution in [0.15, 0.2) is 11.3 Å². The van der Waals surface area contributed by atoms with Crippen molar-refractivity contribution in [2.45, 2.75) is 83.8 Å². The fourth-order valence-electron chi connectivity index (χ4n) is 5.95. The van der Waals surface area contributed by atoms with Crippen molar-refractivity contribution < 1.29 is 23.6 Å². The molecule has 2 N–H and O–H groups in total. The van der Waals surface area contributed by atoms with Gasteiger partial charge in [0.25, 0.3) is 0 Å². The van der Waals surface area contributed by atoms with Crippen LogP contribution in [-0.2, 0) is 18.5 Å². The number of fused-ring (bicyclic) bond motifs is 1. The Morgan fingerprint density at radius 1 is 1.33 bits per heavy atom. The van der Waals surface area contributed by atoms with E-state index in [4.69, 9.17) is 16.9 Å². The van der Waals surface area contributed by atoms with E-state index in [1.54, 1.807) is 4.90 Å². The van der Waals surface area contributed by atoms with E-state index in [2.05, 4.69) is 37.6 Å². The molecular weight excluding hydrogens is 456 g/mol. The minimum absolute atomic E-state index is 0.0105. The van der Waals surface area contributed by atoms with Crippen LogP contribution in [0, 0.1) is 11.8 Å². The number of hydrogen-bond donors (Lipinski definition) is 2. The molecule has 8 nitrogen and oxygen atoms in total. The summed E-state index contributed by atoms with van der Waals surface area (Å²) in [5.74, 6) is -0.831. The van der Waals surface area contributed by atoms with Crippen molar-refractivity contribution in [2.75, 3.05) is 19.7 Å². The van der Waals surface area contributed by atoms with Crippen LogP contribution < -0.4 is 5.00 Å². The molecule has 0 bridgehead atoms. The Bertz CT molecular complexity index is 760. The molecule has 1 amide bonds. The fourth-order valence-corrected chi connectivity index (χ4v) is 9.13. The maximum atomic E-state index is 13.4. The number of hydrogen-bond acceptors (Lipinski definition) is 7. The van der Waals surface area contributed by atoms with Crippen LogP contribution in [0.2, 0.25) is 18.1 Å².